The van der Waals surface area contributed by atoms with Crippen LogP contribution < -0.4 is 0 Å². The summed E-state index contributed by atoms with van der Waals surface area (Å²) in [6, 6.07) is 5.24. The largest absolute Gasteiger partial charge is 0.508 e. The van der Waals surface area contributed by atoms with Crippen LogP contribution in [0.3, 0.4) is 0 Å². The van der Waals surface area contributed by atoms with Gasteiger partial charge in [-0.25, -0.2) is 0 Å². The van der Waals surface area contributed by atoms with E-state index in [1.54, 1.807) is 19.1 Å². The maximum atomic E-state index is 10.7. The highest BCUT2D eigenvalue weighted by molar-refractivity contribution is 9.10. The molecule has 0 bridgehead atoms. The Balaban J connectivity index is 2.81. The maximum absolute atomic E-state index is 10.7. The van der Waals surface area contributed by atoms with Crippen LogP contribution >= 0.6 is 15.9 Å². The van der Waals surface area contributed by atoms with E-state index in [2.05, 4.69) is 15.9 Å². The van der Waals surface area contributed by atoms with Crippen molar-refractivity contribution >= 4 is 21.7 Å². The van der Waals surface area contributed by atoms with Crippen molar-refractivity contribution in [3.8, 4) is 5.75 Å². The van der Waals surface area contributed by atoms with Crippen molar-refractivity contribution in [1.29, 1.82) is 0 Å². The first-order valence-corrected chi connectivity index (χ1v) is 4.86. The number of carbonyl (C=O) groups excluding carboxylic acids is 1. The van der Waals surface area contributed by atoms with Gasteiger partial charge in [0.2, 0.25) is 0 Å². The molecule has 2 nitrogen and oxygen atoms in total. The van der Waals surface area contributed by atoms with Gasteiger partial charge in [-0.15, -0.1) is 0 Å². The van der Waals surface area contributed by atoms with Crippen LogP contribution in [0.25, 0.3) is 0 Å². The minimum absolute atomic E-state index is 0.134. The molecule has 1 aromatic carbocycles. The Hall–Kier alpha value is -0.830. The van der Waals surface area contributed by atoms with E-state index in [1.807, 2.05) is 6.07 Å². The van der Waals surface area contributed by atoms with E-state index in [1.165, 1.54) is 0 Å². The molecule has 0 saturated carbocycles. The number of carbonyl (C=O) groups is 1. The molecule has 13 heavy (non-hydrogen) atoms. The SMILES string of the molecule is CC(=O)CCc1c(O)cccc1Br. The Morgan fingerprint density at radius 3 is 2.77 bits per heavy atom. The first-order valence-electron chi connectivity index (χ1n) is 4.07. The van der Waals surface area contributed by atoms with Crippen LogP contribution in [0.1, 0.15) is 18.9 Å². The summed E-state index contributed by atoms with van der Waals surface area (Å²) in [6.45, 7) is 1.55. The number of hydrogen-bond acceptors (Lipinski definition) is 2. The summed E-state index contributed by atoms with van der Waals surface area (Å²) in [6.07, 6.45) is 1.05. The second-order valence-electron chi connectivity index (χ2n) is 2.94. The Kier molecular flexibility index (Phi) is 3.48. The van der Waals surface area contributed by atoms with Crippen molar-refractivity contribution in [2.24, 2.45) is 0 Å². The third kappa shape index (κ3) is 2.84. The van der Waals surface area contributed by atoms with Gasteiger partial charge in [-0.1, -0.05) is 22.0 Å². The van der Waals surface area contributed by atoms with Crippen molar-refractivity contribution in [2.75, 3.05) is 0 Å². The van der Waals surface area contributed by atoms with E-state index in [-0.39, 0.29) is 11.5 Å². The van der Waals surface area contributed by atoms with Gasteiger partial charge in [0.1, 0.15) is 11.5 Å². The van der Waals surface area contributed by atoms with Crippen LogP contribution in [0.5, 0.6) is 5.75 Å². The van der Waals surface area contributed by atoms with Crippen molar-refractivity contribution in [2.45, 2.75) is 19.8 Å². The highest BCUT2D eigenvalue weighted by Gasteiger charge is 2.05. The second kappa shape index (κ2) is 4.42. The number of benzene rings is 1. The van der Waals surface area contributed by atoms with E-state index in [0.717, 1.165) is 10.0 Å². The number of phenols is 1. The molecule has 1 aromatic rings. The Morgan fingerprint density at radius 2 is 2.23 bits per heavy atom. The number of aromatic hydroxyl groups is 1. The van der Waals surface area contributed by atoms with E-state index in [4.69, 9.17) is 0 Å². The lowest BCUT2D eigenvalue weighted by Crippen LogP contribution is -1.95. The van der Waals surface area contributed by atoms with Gasteiger partial charge in [0.15, 0.2) is 0 Å². The summed E-state index contributed by atoms with van der Waals surface area (Å²) < 4.78 is 0.855. The number of halogens is 1. The minimum Gasteiger partial charge on any atom is -0.508 e. The maximum Gasteiger partial charge on any atom is 0.130 e. The fourth-order valence-electron chi connectivity index (χ4n) is 1.10. The Bertz CT molecular complexity index is 300. The molecule has 0 saturated heterocycles. The fourth-order valence-corrected chi connectivity index (χ4v) is 1.65. The van der Waals surface area contributed by atoms with E-state index >= 15 is 0 Å². The molecule has 0 unspecified atom stereocenters. The highest BCUT2D eigenvalue weighted by atomic mass is 79.9. The second-order valence-corrected chi connectivity index (χ2v) is 3.79. The molecule has 0 amide bonds. The molecule has 3 heteroatoms. The molecule has 0 aliphatic heterocycles. The van der Waals surface area contributed by atoms with Crippen molar-refractivity contribution in [3.05, 3.63) is 28.2 Å². The van der Waals surface area contributed by atoms with Crippen LogP contribution in [-0.2, 0) is 11.2 Å². The van der Waals surface area contributed by atoms with Crippen LogP contribution in [0.15, 0.2) is 22.7 Å². The number of rotatable bonds is 3. The normalized spacial score (nSPS) is 10.0. The molecule has 1 rings (SSSR count). The van der Waals surface area contributed by atoms with Crippen LogP contribution in [0, 0.1) is 0 Å². The predicted octanol–water partition coefficient (Wildman–Crippen LogP) is 2.68. The van der Waals surface area contributed by atoms with Crippen LogP contribution in [0.2, 0.25) is 0 Å². The summed E-state index contributed by atoms with van der Waals surface area (Å²) in [4.78, 5) is 10.7. The highest BCUT2D eigenvalue weighted by Crippen LogP contribution is 2.26. The Labute approximate surface area is 85.7 Å². The quantitative estimate of drug-likeness (QED) is 0.886. The summed E-state index contributed by atoms with van der Waals surface area (Å²) in [5.41, 5.74) is 0.803. The number of phenolic OH excluding ortho intramolecular Hbond substituents is 1. The molecule has 0 fully saturated rings. The van der Waals surface area contributed by atoms with E-state index in [0.29, 0.717) is 12.8 Å². The Morgan fingerprint density at radius 1 is 1.54 bits per heavy atom. The first kappa shape index (κ1) is 10.3. The average molecular weight is 243 g/mol. The molecule has 0 radical (unpaired) electrons. The molecular formula is C10H11BrO2. The molecular weight excluding hydrogens is 232 g/mol. The first-order chi connectivity index (χ1) is 6.11. The van der Waals surface area contributed by atoms with Gasteiger partial charge in [0.05, 0.1) is 0 Å². The zero-order chi connectivity index (χ0) is 9.84. The minimum atomic E-state index is 0.134. The van der Waals surface area contributed by atoms with Crippen LogP contribution in [0.4, 0.5) is 0 Å². The predicted molar refractivity (Wildman–Crippen MR) is 54.8 cm³/mol. The van der Waals surface area contributed by atoms with Gasteiger partial charge in [-0.05, 0) is 25.5 Å². The zero-order valence-corrected chi connectivity index (χ0v) is 8.97. The number of ketones is 1. The molecule has 1 N–H and O–H groups in total. The van der Waals surface area contributed by atoms with Crippen molar-refractivity contribution in [1.82, 2.24) is 0 Å². The summed E-state index contributed by atoms with van der Waals surface area (Å²) in [5, 5.41) is 9.46. The molecule has 0 heterocycles. The summed E-state index contributed by atoms with van der Waals surface area (Å²) in [7, 11) is 0. The number of Topliss-reactive ketones (excluding diaryl/α,β-unsaturated/α-hetero) is 1. The van der Waals surface area contributed by atoms with Crippen molar-refractivity contribution in [3.63, 3.8) is 0 Å². The fraction of sp³-hybridized carbons (Fsp3) is 0.300. The van der Waals surface area contributed by atoms with Gasteiger partial charge >= 0.3 is 0 Å². The lowest BCUT2D eigenvalue weighted by atomic mass is 10.1. The lowest BCUT2D eigenvalue weighted by Gasteiger charge is -2.04. The molecule has 0 aromatic heterocycles. The van der Waals surface area contributed by atoms with E-state index < -0.39 is 0 Å². The standard InChI is InChI=1S/C10H11BrO2/c1-7(12)5-6-8-9(11)3-2-4-10(8)13/h2-4,13H,5-6H2,1H3. The van der Waals surface area contributed by atoms with Crippen molar-refractivity contribution < 1.29 is 9.90 Å². The third-order valence-electron chi connectivity index (χ3n) is 1.82. The zero-order valence-electron chi connectivity index (χ0n) is 7.38. The molecule has 0 aliphatic carbocycles. The topological polar surface area (TPSA) is 37.3 Å². The van der Waals surface area contributed by atoms with Gasteiger partial charge in [-0.2, -0.15) is 0 Å². The lowest BCUT2D eigenvalue weighted by molar-refractivity contribution is -0.116. The van der Waals surface area contributed by atoms with Crippen LogP contribution in [-0.4, -0.2) is 10.9 Å². The summed E-state index contributed by atoms with van der Waals surface area (Å²) >= 11 is 3.33. The monoisotopic (exact) mass is 242 g/mol. The smallest absolute Gasteiger partial charge is 0.130 e. The van der Waals surface area contributed by atoms with E-state index in [9.17, 15) is 9.90 Å². The average Bonchev–Trinajstić information content (AvgIpc) is 2.03. The molecule has 70 valence electrons. The molecule has 0 atom stereocenters. The third-order valence-corrected chi connectivity index (χ3v) is 2.56. The number of hydrogen-bond donors (Lipinski definition) is 1. The van der Waals surface area contributed by atoms with Gasteiger partial charge in [-0.3, -0.25) is 0 Å². The van der Waals surface area contributed by atoms with Gasteiger partial charge < -0.3 is 9.90 Å². The molecule has 0 aliphatic rings. The van der Waals surface area contributed by atoms with Gasteiger partial charge in [0, 0.05) is 16.5 Å². The molecule has 0 spiro atoms. The summed E-state index contributed by atoms with van der Waals surface area (Å²) in [5.74, 6) is 0.380. The van der Waals surface area contributed by atoms with Gasteiger partial charge in [0.25, 0.3) is 0 Å².